The maximum Gasteiger partial charge on any atom is 0.240 e. The van der Waals surface area contributed by atoms with Gasteiger partial charge in [-0.05, 0) is 60.9 Å². The average molecular weight is 474 g/mol. The van der Waals surface area contributed by atoms with Gasteiger partial charge in [-0.2, -0.15) is 5.26 Å². The maximum atomic E-state index is 12.7. The summed E-state index contributed by atoms with van der Waals surface area (Å²) in [4.78, 5) is 17.6. The number of rotatable bonds is 7. The first kappa shape index (κ1) is 25.4. The Morgan fingerprint density at radius 1 is 1.06 bits per heavy atom. The summed E-state index contributed by atoms with van der Waals surface area (Å²) in [6, 6.07) is 19.2. The highest BCUT2D eigenvalue weighted by molar-refractivity contribution is 5.86. The second-order valence-corrected chi connectivity index (χ2v) is 10.6. The quantitative estimate of drug-likeness (QED) is 0.640. The van der Waals surface area contributed by atoms with Crippen molar-refractivity contribution >= 4 is 5.91 Å². The van der Waals surface area contributed by atoms with Crippen LogP contribution in [0.4, 0.5) is 0 Å². The van der Waals surface area contributed by atoms with E-state index in [1.165, 1.54) is 5.56 Å². The Balaban J connectivity index is 1.32. The lowest BCUT2D eigenvalue weighted by molar-refractivity contribution is -0.127. The molecule has 0 radical (unpaired) electrons. The van der Waals surface area contributed by atoms with Gasteiger partial charge >= 0.3 is 0 Å². The van der Waals surface area contributed by atoms with Gasteiger partial charge in [0.2, 0.25) is 5.91 Å². The average Bonchev–Trinajstić information content (AvgIpc) is 2.88. The van der Waals surface area contributed by atoms with Crippen LogP contribution in [0, 0.1) is 17.2 Å². The van der Waals surface area contributed by atoms with Crippen molar-refractivity contribution in [2.75, 3.05) is 39.8 Å². The molecule has 1 atom stereocenters. The zero-order valence-corrected chi connectivity index (χ0v) is 21.2. The smallest absolute Gasteiger partial charge is 0.240 e. The molecule has 0 spiro atoms. The molecule has 1 aliphatic carbocycles. The van der Waals surface area contributed by atoms with E-state index in [-0.39, 0.29) is 12.5 Å². The maximum absolute atomic E-state index is 12.7. The number of nitrogens with zero attached hydrogens (tertiary/aromatic N) is 3. The van der Waals surface area contributed by atoms with Gasteiger partial charge in [0.25, 0.3) is 0 Å². The van der Waals surface area contributed by atoms with Crippen LogP contribution in [0.2, 0.25) is 0 Å². The van der Waals surface area contributed by atoms with Crippen LogP contribution >= 0.6 is 0 Å². The summed E-state index contributed by atoms with van der Waals surface area (Å²) in [6.07, 6.45) is 3.37. The van der Waals surface area contributed by atoms with Gasteiger partial charge in [0.05, 0.1) is 17.5 Å². The number of hydrogen-bond acceptors (Lipinski definition) is 5. The number of carbonyl (C=O) groups is 1. The minimum absolute atomic E-state index is 0.127. The van der Waals surface area contributed by atoms with Crippen molar-refractivity contribution in [1.29, 1.82) is 5.26 Å². The van der Waals surface area contributed by atoms with Crippen LogP contribution in [0.3, 0.4) is 0 Å². The second kappa shape index (κ2) is 11.3. The van der Waals surface area contributed by atoms with E-state index in [4.69, 9.17) is 5.73 Å². The number of likely N-dealkylation sites (N-methyl/N-ethyl adjacent to an activating group) is 1. The van der Waals surface area contributed by atoms with Gasteiger partial charge in [-0.25, -0.2) is 0 Å². The number of nitriles is 1. The van der Waals surface area contributed by atoms with Crippen LogP contribution in [0.15, 0.2) is 48.5 Å². The van der Waals surface area contributed by atoms with Crippen LogP contribution in [0.5, 0.6) is 0 Å². The lowest BCUT2D eigenvalue weighted by Gasteiger charge is -2.34. The first-order valence-corrected chi connectivity index (χ1v) is 12.9. The molecule has 1 heterocycles. The third-order valence-corrected chi connectivity index (χ3v) is 7.84. The zero-order valence-electron chi connectivity index (χ0n) is 21.2. The van der Waals surface area contributed by atoms with E-state index in [1.54, 1.807) is 0 Å². The number of hydrogen-bond donors (Lipinski definition) is 2. The van der Waals surface area contributed by atoms with Crippen molar-refractivity contribution in [2.45, 2.75) is 50.6 Å². The molecule has 1 unspecified atom stereocenters. The molecule has 2 aromatic carbocycles. The molecular formula is C29H39N5O. The Hall–Kier alpha value is -2.72. The molecule has 1 saturated heterocycles. The molecule has 6 heteroatoms. The Bertz CT molecular complexity index is 1010. The molecule has 35 heavy (non-hydrogen) atoms. The van der Waals surface area contributed by atoms with Crippen molar-refractivity contribution < 1.29 is 4.79 Å². The van der Waals surface area contributed by atoms with E-state index in [2.05, 4.69) is 71.6 Å². The Labute approximate surface area is 210 Å². The summed E-state index contributed by atoms with van der Waals surface area (Å²) in [7, 11) is 2.18. The van der Waals surface area contributed by atoms with E-state index < -0.39 is 11.5 Å². The van der Waals surface area contributed by atoms with Crippen molar-refractivity contribution in [3.8, 4) is 17.2 Å². The molecule has 1 saturated carbocycles. The Kier molecular flexibility index (Phi) is 8.22. The van der Waals surface area contributed by atoms with E-state index in [0.717, 1.165) is 62.3 Å². The number of nitrogens with one attached hydrogen (secondary N) is 1. The van der Waals surface area contributed by atoms with Crippen molar-refractivity contribution in [3.05, 3.63) is 59.7 Å². The van der Waals surface area contributed by atoms with E-state index in [0.29, 0.717) is 18.8 Å². The number of nitrogens with two attached hydrogens (primary N) is 1. The normalized spacial score (nSPS) is 24.5. The molecule has 186 valence electrons. The number of amides is 1. The monoisotopic (exact) mass is 473 g/mol. The van der Waals surface area contributed by atoms with Crippen LogP contribution in [-0.2, 0) is 11.3 Å². The molecule has 3 N–H and O–H groups in total. The number of carbonyl (C=O) groups excluding carboxylic acids is 1. The fourth-order valence-corrected chi connectivity index (χ4v) is 5.09. The third kappa shape index (κ3) is 6.49. The largest absolute Gasteiger partial charge is 0.353 e. The Morgan fingerprint density at radius 3 is 2.20 bits per heavy atom. The molecule has 0 bridgehead atoms. The second-order valence-electron chi connectivity index (χ2n) is 10.6. The Morgan fingerprint density at radius 2 is 1.63 bits per heavy atom. The molecular weight excluding hydrogens is 434 g/mol. The first-order valence-electron chi connectivity index (χ1n) is 12.9. The van der Waals surface area contributed by atoms with Crippen molar-refractivity contribution in [2.24, 2.45) is 11.7 Å². The summed E-state index contributed by atoms with van der Waals surface area (Å²) in [5.41, 5.74) is 10.1. The zero-order chi connectivity index (χ0) is 24.8. The SMILES string of the molecule is CC1CCC(N)(C(=O)NCC(C#N)c2ccc(-c3ccc(CN4CCN(C)CC4)cc3)cc2)CC1. The predicted octanol–water partition coefficient (Wildman–Crippen LogP) is 3.73. The van der Waals surface area contributed by atoms with Crippen molar-refractivity contribution in [1.82, 2.24) is 15.1 Å². The molecule has 6 nitrogen and oxygen atoms in total. The third-order valence-electron chi connectivity index (χ3n) is 7.84. The number of benzene rings is 2. The van der Waals surface area contributed by atoms with E-state index >= 15 is 0 Å². The highest BCUT2D eigenvalue weighted by Gasteiger charge is 2.37. The highest BCUT2D eigenvalue weighted by atomic mass is 16.2. The van der Waals surface area contributed by atoms with Crippen LogP contribution < -0.4 is 11.1 Å². The summed E-state index contributed by atoms with van der Waals surface area (Å²) in [5.74, 6) is 0.0982. The van der Waals surface area contributed by atoms with Gasteiger partial charge in [0.15, 0.2) is 0 Å². The van der Waals surface area contributed by atoms with Crippen LogP contribution in [0.25, 0.3) is 11.1 Å². The predicted molar refractivity (Wildman–Crippen MR) is 141 cm³/mol. The molecule has 2 fully saturated rings. The lowest BCUT2D eigenvalue weighted by Crippen LogP contribution is -2.56. The standard InChI is InChI=1S/C29H39N5O/c1-22-11-13-29(31,14-12-22)28(35)32-20-27(19-30)26-9-7-25(8-10-26)24-5-3-23(4-6-24)21-34-17-15-33(2)16-18-34/h3-10,22,27H,11-18,20-21,31H2,1-2H3,(H,32,35). The summed E-state index contributed by atoms with van der Waals surface area (Å²) in [6.45, 7) is 7.97. The highest BCUT2D eigenvalue weighted by Crippen LogP contribution is 2.30. The minimum atomic E-state index is -0.799. The number of piperazine rings is 1. The molecule has 4 rings (SSSR count). The van der Waals surface area contributed by atoms with Crippen molar-refractivity contribution in [3.63, 3.8) is 0 Å². The molecule has 2 aliphatic rings. The first-order chi connectivity index (χ1) is 16.9. The fourth-order valence-electron chi connectivity index (χ4n) is 5.09. The van der Waals surface area contributed by atoms with Crippen LogP contribution in [0.1, 0.15) is 49.7 Å². The van der Waals surface area contributed by atoms with Gasteiger partial charge in [0, 0.05) is 39.3 Å². The molecule has 1 amide bonds. The lowest BCUT2D eigenvalue weighted by atomic mass is 9.77. The van der Waals surface area contributed by atoms with E-state index in [1.807, 2.05) is 12.1 Å². The van der Waals surface area contributed by atoms with Crippen LogP contribution in [-0.4, -0.2) is 61.0 Å². The summed E-state index contributed by atoms with van der Waals surface area (Å²) >= 11 is 0. The summed E-state index contributed by atoms with van der Waals surface area (Å²) in [5, 5.41) is 12.7. The minimum Gasteiger partial charge on any atom is -0.353 e. The van der Waals surface area contributed by atoms with Gasteiger partial charge in [-0.3, -0.25) is 9.69 Å². The molecule has 2 aromatic rings. The van der Waals surface area contributed by atoms with E-state index in [9.17, 15) is 10.1 Å². The summed E-state index contributed by atoms with van der Waals surface area (Å²) < 4.78 is 0. The van der Waals surface area contributed by atoms with Gasteiger partial charge < -0.3 is 16.0 Å². The molecule has 0 aromatic heterocycles. The van der Waals surface area contributed by atoms with Gasteiger partial charge in [-0.15, -0.1) is 0 Å². The van der Waals surface area contributed by atoms with Gasteiger partial charge in [-0.1, -0.05) is 55.5 Å². The molecule has 1 aliphatic heterocycles. The van der Waals surface area contributed by atoms with Gasteiger partial charge in [0.1, 0.15) is 0 Å². The fraction of sp³-hybridized carbons (Fsp3) is 0.517. The topological polar surface area (TPSA) is 85.4 Å².